The second-order valence-corrected chi connectivity index (χ2v) is 4.99. The fourth-order valence-corrected chi connectivity index (χ4v) is 1.98. The van der Waals surface area contributed by atoms with Crippen LogP contribution in [0.5, 0.6) is 5.75 Å². The van der Waals surface area contributed by atoms with Crippen molar-refractivity contribution in [1.29, 1.82) is 0 Å². The van der Waals surface area contributed by atoms with Crippen LogP contribution in [0.4, 0.5) is 4.39 Å². The number of hydrogen-bond acceptors (Lipinski definition) is 3. The average Bonchev–Trinajstić information content (AvgIpc) is 2.28. The molecule has 0 bridgehead atoms. The van der Waals surface area contributed by atoms with Gasteiger partial charge in [0.2, 0.25) is 0 Å². The Hall–Kier alpha value is -1.03. The van der Waals surface area contributed by atoms with Crippen LogP contribution in [0.3, 0.4) is 0 Å². The summed E-state index contributed by atoms with van der Waals surface area (Å²) < 4.78 is 18.8. The van der Waals surface area contributed by atoms with Crippen molar-refractivity contribution in [2.24, 2.45) is 0 Å². The number of benzene rings is 1. The molecule has 0 saturated heterocycles. The second-order valence-electron chi connectivity index (χ2n) is 3.60. The van der Waals surface area contributed by atoms with Gasteiger partial charge < -0.3 is 4.74 Å². The van der Waals surface area contributed by atoms with Gasteiger partial charge >= 0.3 is 0 Å². The molecular formula is C13H17FO2S. The Morgan fingerprint density at radius 3 is 2.82 bits per heavy atom. The smallest absolute Gasteiger partial charge is 0.162 e. The molecule has 1 rings (SSSR count). The maximum absolute atomic E-state index is 13.4. The van der Waals surface area contributed by atoms with Crippen molar-refractivity contribution in [2.45, 2.75) is 20.3 Å². The van der Waals surface area contributed by atoms with E-state index < -0.39 is 5.82 Å². The largest absolute Gasteiger partial charge is 0.493 e. The molecule has 0 heterocycles. The number of carbonyl (C=O) groups excluding carboxylic acids is 1. The maximum atomic E-state index is 13.4. The predicted molar refractivity (Wildman–Crippen MR) is 69.5 cm³/mol. The fourth-order valence-electron chi connectivity index (χ4n) is 1.37. The van der Waals surface area contributed by atoms with E-state index in [9.17, 15) is 9.18 Å². The van der Waals surface area contributed by atoms with Crippen molar-refractivity contribution < 1.29 is 13.9 Å². The molecule has 4 heteroatoms. The van der Waals surface area contributed by atoms with E-state index in [1.54, 1.807) is 6.07 Å². The molecule has 2 nitrogen and oxygen atoms in total. The average molecular weight is 256 g/mol. The summed E-state index contributed by atoms with van der Waals surface area (Å²) in [5.74, 6) is 1.84. The molecule has 0 aliphatic carbocycles. The third-order valence-corrected chi connectivity index (χ3v) is 3.21. The first-order valence-corrected chi connectivity index (χ1v) is 6.81. The van der Waals surface area contributed by atoms with Crippen molar-refractivity contribution in [3.8, 4) is 5.75 Å². The van der Waals surface area contributed by atoms with Crippen LogP contribution >= 0.6 is 11.8 Å². The highest BCUT2D eigenvalue weighted by molar-refractivity contribution is 7.99. The standard InChI is InChI=1S/C13H17FO2S/c1-3-17-8-4-7-16-11-5-6-12(10(2)15)13(14)9-11/h5-6,9H,3-4,7-8H2,1-2H3. The van der Waals surface area contributed by atoms with Gasteiger partial charge in [-0.25, -0.2) is 4.39 Å². The Labute approximate surface area is 106 Å². The summed E-state index contributed by atoms with van der Waals surface area (Å²) in [4.78, 5) is 11.0. The summed E-state index contributed by atoms with van der Waals surface area (Å²) in [6.07, 6.45) is 0.939. The summed E-state index contributed by atoms with van der Waals surface area (Å²) in [6.45, 7) is 4.04. The summed E-state index contributed by atoms with van der Waals surface area (Å²) in [5.41, 5.74) is 0.110. The third-order valence-electron chi connectivity index (χ3n) is 2.23. The van der Waals surface area contributed by atoms with Gasteiger partial charge in [-0.1, -0.05) is 6.92 Å². The first-order chi connectivity index (χ1) is 8.15. The lowest BCUT2D eigenvalue weighted by Crippen LogP contribution is -2.01. The second kappa shape index (κ2) is 7.33. The third kappa shape index (κ3) is 4.77. The van der Waals surface area contributed by atoms with Crippen molar-refractivity contribution in [3.63, 3.8) is 0 Å². The summed E-state index contributed by atoms with van der Waals surface area (Å²) in [5, 5.41) is 0. The van der Waals surface area contributed by atoms with Gasteiger partial charge in [0.05, 0.1) is 12.2 Å². The molecular weight excluding hydrogens is 239 g/mol. The Bertz CT molecular complexity index is 380. The van der Waals surface area contributed by atoms with Gasteiger partial charge in [0, 0.05) is 6.07 Å². The van der Waals surface area contributed by atoms with Crippen molar-refractivity contribution in [1.82, 2.24) is 0 Å². The van der Waals surface area contributed by atoms with Crippen LogP contribution in [0.25, 0.3) is 0 Å². The Balaban J connectivity index is 2.45. The minimum atomic E-state index is -0.516. The number of carbonyl (C=O) groups is 1. The molecule has 0 atom stereocenters. The topological polar surface area (TPSA) is 26.3 Å². The zero-order chi connectivity index (χ0) is 12.7. The highest BCUT2D eigenvalue weighted by Crippen LogP contribution is 2.17. The van der Waals surface area contributed by atoms with Crippen LogP contribution in [0.1, 0.15) is 30.6 Å². The predicted octanol–water partition coefficient (Wildman–Crippen LogP) is 3.55. The van der Waals surface area contributed by atoms with Gasteiger partial charge in [-0.05, 0) is 37.0 Å². The molecule has 17 heavy (non-hydrogen) atoms. The molecule has 0 unspecified atom stereocenters. The maximum Gasteiger partial charge on any atom is 0.162 e. The Kier molecular flexibility index (Phi) is 6.05. The van der Waals surface area contributed by atoms with E-state index in [0.717, 1.165) is 17.9 Å². The van der Waals surface area contributed by atoms with E-state index in [-0.39, 0.29) is 11.3 Å². The SMILES string of the molecule is CCSCCCOc1ccc(C(C)=O)c(F)c1. The molecule has 0 N–H and O–H groups in total. The summed E-state index contributed by atoms with van der Waals surface area (Å²) >= 11 is 1.85. The number of hydrogen-bond donors (Lipinski definition) is 0. The first kappa shape index (κ1) is 14.0. The molecule has 0 aliphatic heterocycles. The normalized spacial score (nSPS) is 10.3. The van der Waals surface area contributed by atoms with Gasteiger partial charge in [-0.2, -0.15) is 11.8 Å². The van der Waals surface area contributed by atoms with Gasteiger partial charge in [-0.15, -0.1) is 0 Å². The zero-order valence-corrected chi connectivity index (χ0v) is 11.0. The lowest BCUT2D eigenvalue weighted by atomic mass is 10.1. The molecule has 0 saturated carbocycles. The number of halogens is 1. The molecule has 1 aromatic rings. The number of Topliss-reactive ketones (excluding diaryl/α,β-unsaturated/α-hetero) is 1. The quantitative estimate of drug-likeness (QED) is 0.551. The first-order valence-electron chi connectivity index (χ1n) is 5.66. The zero-order valence-electron chi connectivity index (χ0n) is 10.2. The van der Waals surface area contributed by atoms with E-state index in [0.29, 0.717) is 12.4 Å². The minimum absolute atomic E-state index is 0.110. The molecule has 0 spiro atoms. The van der Waals surface area contributed by atoms with Crippen molar-refractivity contribution in [3.05, 3.63) is 29.6 Å². The number of ketones is 1. The van der Waals surface area contributed by atoms with Gasteiger partial charge in [0.25, 0.3) is 0 Å². The van der Waals surface area contributed by atoms with Gasteiger partial charge in [-0.3, -0.25) is 4.79 Å². The minimum Gasteiger partial charge on any atom is -0.493 e. The van der Waals surface area contributed by atoms with Crippen molar-refractivity contribution >= 4 is 17.5 Å². The summed E-state index contributed by atoms with van der Waals surface area (Å²) in [6, 6.07) is 4.37. The van der Waals surface area contributed by atoms with E-state index in [4.69, 9.17) is 4.74 Å². The van der Waals surface area contributed by atoms with Crippen LogP contribution in [0.15, 0.2) is 18.2 Å². The number of ether oxygens (including phenoxy) is 1. The fraction of sp³-hybridized carbons (Fsp3) is 0.462. The van der Waals surface area contributed by atoms with Crippen LogP contribution in [0.2, 0.25) is 0 Å². The molecule has 0 aliphatic rings. The van der Waals surface area contributed by atoms with Crippen LogP contribution in [-0.4, -0.2) is 23.9 Å². The molecule has 0 amide bonds. The Morgan fingerprint density at radius 1 is 1.47 bits per heavy atom. The van der Waals surface area contributed by atoms with Crippen LogP contribution < -0.4 is 4.74 Å². The molecule has 0 aromatic heterocycles. The monoisotopic (exact) mass is 256 g/mol. The van der Waals surface area contributed by atoms with E-state index in [1.165, 1.54) is 19.1 Å². The molecule has 0 fully saturated rings. The van der Waals surface area contributed by atoms with Crippen LogP contribution in [0, 0.1) is 5.82 Å². The highest BCUT2D eigenvalue weighted by atomic mass is 32.2. The van der Waals surface area contributed by atoms with Gasteiger partial charge in [0.1, 0.15) is 11.6 Å². The van der Waals surface area contributed by atoms with E-state index in [2.05, 4.69) is 6.92 Å². The number of thioether (sulfide) groups is 1. The number of rotatable bonds is 7. The lowest BCUT2D eigenvalue weighted by Gasteiger charge is -2.07. The van der Waals surface area contributed by atoms with Crippen molar-refractivity contribution in [2.75, 3.05) is 18.1 Å². The molecule has 94 valence electrons. The van der Waals surface area contributed by atoms with E-state index >= 15 is 0 Å². The Morgan fingerprint density at radius 2 is 2.24 bits per heavy atom. The molecule has 1 aromatic carbocycles. The highest BCUT2D eigenvalue weighted by Gasteiger charge is 2.07. The lowest BCUT2D eigenvalue weighted by molar-refractivity contribution is 0.101. The molecule has 0 radical (unpaired) electrons. The summed E-state index contributed by atoms with van der Waals surface area (Å²) in [7, 11) is 0. The van der Waals surface area contributed by atoms with Gasteiger partial charge in [0.15, 0.2) is 5.78 Å². The van der Waals surface area contributed by atoms with E-state index in [1.807, 2.05) is 11.8 Å². The van der Waals surface area contributed by atoms with Crippen LogP contribution in [-0.2, 0) is 0 Å².